The molecule has 2 saturated heterocycles. The predicted octanol–water partition coefficient (Wildman–Crippen LogP) is 4.99. The van der Waals surface area contributed by atoms with E-state index in [4.69, 9.17) is 26.1 Å². The molecule has 0 amide bonds. The Morgan fingerprint density at radius 1 is 1.37 bits per heavy atom. The number of benzene rings is 1. The fourth-order valence-electron chi connectivity index (χ4n) is 3.87. The van der Waals surface area contributed by atoms with Crippen molar-refractivity contribution in [2.45, 2.75) is 50.1 Å². The first-order valence-electron chi connectivity index (χ1n) is 10.7. The van der Waals surface area contributed by atoms with Crippen molar-refractivity contribution >= 4 is 53.3 Å². The summed E-state index contributed by atoms with van der Waals surface area (Å²) in [6.07, 6.45) is 7.16. The molecule has 0 bridgehead atoms. The molecule has 170 valence electrons. The van der Waals surface area contributed by atoms with Gasteiger partial charge < -0.3 is 19.7 Å². The van der Waals surface area contributed by atoms with Crippen LogP contribution in [-0.2, 0) is 9.47 Å². The van der Waals surface area contributed by atoms with Crippen LogP contribution in [0.25, 0.3) is 0 Å². The van der Waals surface area contributed by atoms with E-state index >= 15 is 0 Å². The highest BCUT2D eigenvalue weighted by atomic mass is 127. The molecule has 3 rings (SSSR count). The lowest BCUT2D eigenvalue weighted by molar-refractivity contribution is -0.0367. The number of nitrogens with one attached hydrogen (secondary N) is 1. The van der Waals surface area contributed by atoms with E-state index < -0.39 is 0 Å². The van der Waals surface area contributed by atoms with Crippen LogP contribution in [0.5, 0.6) is 0 Å². The van der Waals surface area contributed by atoms with Crippen molar-refractivity contribution in [3.63, 3.8) is 0 Å². The number of nitrogens with zero attached hydrogens (tertiary/aromatic N) is 2. The molecule has 8 heteroatoms. The summed E-state index contributed by atoms with van der Waals surface area (Å²) in [4.78, 5) is 7.32. The second-order valence-corrected chi connectivity index (χ2v) is 9.11. The molecule has 0 spiro atoms. The molecule has 2 heterocycles. The first-order chi connectivity index (χ1) is 14.2. The molecule has 2 unspecified atom stereocenters. The predicted molar refractivity (Wildman–Crippen MR) is 139 cm³/mol. The van der Waals surface area contributed by atoms with Gasteiger partial charge in [0.05, 0.1) is 25.4 Å². The van der Waals surface area contributed by atoms with Gasteiger partial charge in [-0.3, -0.25) is 4.99 Å². The number of aliphatic imine (C=N–C) groups is 1. The molecule has 0 radical (unpaired) electrons. The van der Waals surface area contributed by atoms with Crippen LogP contribution in [0.2, 0.25) is 5.02 Å². The molecule has 0 saturated carbocycles. The number of hydrogen-bond donors (Lipinski definition) is 1. The second-order valence-electron chi connectivity index (χ2n) is 7.63. The van der Waals surface area contributed by atoms with E-state index in [-0.39, 0.29) is 24.0 Å². The number of hydrogen-bond acceptors (Lipinski definition) is 4. The van der Waals surface area contributed by atoms with E-state index in [1.807, 2.05) is 30.0 Å². The van der Waals surface area contributed by atoms with Crippen LogP contribution in [0.4, 0.5) is 0 Å². The summed E-state index contributed by atoms with van der Waals surface area (Å²) in [5.74, 6) is 1.01. The van der Waals surface area contributed by atoms with Crippen molar-refractivity contribution in [3.8, 4) is 0 Å². The van der Waals surface area contributed by atoms with Crippen LogP contribution in [0.1, 0.15) is 43.4 Å². The molecule has 1 aromatic carbocycles. The lowest BCUT2D eigenvalue weighted by Crippen LogP contribution is -2.47. The number of rotatable bonds is 8. The summed E-state index contributed by atoms with van der Waals surface area (Å²) in [5.41, 5.74) is 1.23. The number of thioether (sulfide) groups is 1. The summed E-state index contributed by atoms with van der Waals surface area (Å²) in [6, 6.07) is 8.10. The zero-order valence-electron chi connectivity index (χ0n) is 18.0. The fourth-order valence-corrected chi connectivity index (χ4v) is 4.71. The average molecular weight is 568 g/mol. The largest absolute Gasteiger partial charge is 0.376 e. The van der Waals surface area contributed by atoms with Gasteiger partial charge in [0.25, 0.3) is 0 Å². The van der Waals surface area contributed by atoms with Crippen LogP contribution in [0, 0.1) is 0 Å². The van der Waals surface area contributed by atoms with E-state index in [0.717, 1.165) is 69.6 Å². The van der Waals surface area contributed by atoms with Crippen molar-refractivity contribution in [2.24, 2.45) is 4.99 Å². The summed E-state index contributed by atoms with van der Waals surface area (Å²) in [7, 11) is 0. The summed E-state index contributed by atoms with van der Waals surface area (Å²) >= 11 is 7.99. The number of halogens is 2. The number of ether oxygens (including phenoxy) is 2. The first-order valence-corrected chi connectivity index (χ1v) is 12.4. The van der Waals surface area contributed by atoms with Crippen molar-refractivity contribution in [2.75, 3.05) is 45.6 Å². The van der Waals surface area contributed by atoms with Crippen molar-refractivity contribution < 1.29 is 9.47 Å². The Hall–Kier alpha value is -0.220. The smallest absolute Gasteiger partial charge is 0.193 e. The Labute approximate surface area is 207 Å². The van der Waals surface area contributed by atoms with E-state index in [2.05, 4.69) is 29.5 Å². The summed E-state index contributed by atoms with van der Waals surface area (Å²) in [5, 5.41) is 4.55. The molecule has 1 aromatic rings. The quantitative estimate of drug-likeness (QED) is 0.273. The minimum Gasteiger partial charge on any atom is -0.376 e. The number of likely N-dealkylation sites (tertiary alicyclic amines) is 1. The van der Waals surface area contributed by atoms with E-state index in [9.17, 15) is 0 Å². The summed E-state index contributed by atoms with van der Waals surface area (Å²) in [6.45, 7) is 7.31. The average Bonchev–Trinajstić information content (AvgIpc) is 3.26. The minimum atomic E-state index is 0. The van der Waals surface area contributed by atoms with Gasteiger partial charge in [0.1, 0.15) is 0 Å². The van der Waals surface area contributed by atoms with Gasteiger partial charge in [-0.2, -0.15) is 11.8 Å². The lowest BCUT2D eigenvalue weighted by atomic mass is 10.1. The standard InChI is InChI=1S/C22H34ClN3O2S.HI/c1-3-24-22(25-15-21(29-2)17-6-4-7-18(23)14-17)26-11-9-19(10-12-26)28-16-20-8-5-13-27-20;/h4,6-7,14,19-21H,3,5,8-13,15-16H2,1-2H3,(H,24,25);1H. The molecule has 0 aliphatic carbocycles. The molecule has 2 aliphatic heterocycles. The maximum absolute atomic E-state index is 6.18. The van der Waals surface area contributed by atoms with E-state index in [0.29, 0.717) is 17.5 Å². The molecular weight excluding hydrogens is 533 g/mol. The highest BCUT2D eigenvalue weighted by Crippen LogP contribution is 2.29. The van der Waals surface area contributed by atoms with Gasteiger partial charge >= 0.3 is 0 Å². The van der Waals surface area contributed by atoms with Crippen molar-refractivity contribution in [1.82, 2.24) is 10.2 Å². The number of guanidine groups is 1. The summed E-state index contributed by atoms with van der Waals surface area (Å²) < 4.78 is 11.8. The maximum Gasteiger partial charge on any atom is 0.193 e. The van der Waals surface area contributed by atoms with Crippen LogP contribution < -0.4 is 5.32 Å². The topological polar surface area (TPSA) is 46.1 Å². The monoisotopic (exact) mass is 567 g/mol. The van der Waals surface area contributed by atoms with Gasteiger partial charge in [-0.05, 0) is 56.6 Å². The molecule has 5 nitrogen and oxygen atoms in total. The highest BCUT2D eigenvalue weighted by Gasteiger charge is 2.24. The van der Waals surface area contributed by atoms with Gasteiger partial charge in [0, 0.05) is 36.5 Å². The SMILES string of the molecule is CCNC(=NCC(SC)c1cccc(Cl)c1)N1CCC(OCC2CCCO2)CC1.I. The minimum absolute atomic E-state index is 0. The Morgan fingerprint density at radius 2 is 2.17 bits per heavy atom. The zero-order chi connectivity index (χ0) is 20.5. The van der Waals surface area contributed by atoms with Crippen molar-refractivity contribution in [1.29, 1.82) is 0 Å². The maximum atomic E-state index is 6.18. The van der Waals surface area contributed by atoms with Gasteiger partial charge in [-0.1, -0.05) is 23.7 Å². The Kier molecular flexibility index (Phi) is 12.2. The number of piperidine rings is 1. The highest BCUT2D eigenvalue weighted by molar-refractivity contribution is 14.0. The molecule has 2 fully saturated rings. The first kappa shape index (κ1) is 26.0. The van der Waals surface area contributed by atoms with Gasteiger partial charge in [0.15, 0.2) is 5.96 Å². The molecule has 2 atom stereocenters. The molecule has 1 N–H and O–H groups in total. The third-order valence-electron chi connectivity index (χ3n) is 5.53. The normalized spacial score (nSPS) is 21.4. The van der Waals surface area contributed by atoms with Crippen LogP contribution >= 0.6 is 47.3 Å². The molecule has 2 aliphatic rings. The van der Waals surface area contributed by atoms with E-state index in [1.54, 1.807) is 0 Å². The molecular formula is C22H35ClIN3O2S. The lowest BCUT2D eigenvalue weighted by Gasteiger charge is -2.34. The van der Waals surface area contributed by atoms with Gasteiger partial charge in [-0.15, -0.1) is 24.0 Å². The van der Waals surface area contributed by atoms with Gasteiger partial charge in [-0.25, -0.2) is 0 Å². The third-order valence-corrected chi connectivity index (χ3v) is 6.76. The van der Waals surface area contributed by atoms with Crippen LogP contribution in [-0.4, -0.2) is 68.7 Å². The molecule has 30 heavy (non-hydrogen) atoms. The molecule has 0 aromatic heterocycles. The zero-order valence-corrected chi connectivity index (χ0v) is 21.9. The van der Waals surface area contributed by atoms with Crippen LogP contribution in [0.3, 0.4) is 0 Å². The second kappa shape index (κ2) is 14.0. The Bertz CT molecular complexity index is 653. The Morgan fingerprint density at radius 3 is 2.80 bits per heavy atom. The van der Waals surface area contributed by atoms with Crippen LogP contribution in [0.15, 0.2) is 29.3 Å². The van der Waals surface area contributed by atoms with Gasteiger partial charge in [0.2, 0.25) is 0 Å². The van der Waals surface area contributed by atoms with Crippen molar-refractivity contribution in [3.05, 3.63) is 34.9 Å². The Balaban J connectivity index is 0.00000320. The third kappa shape index (κ3) is 8.04. The fraction of sp³-hybridized carbons (Fsp3) is 0.682. The van der Waals surface area contributed by atoms with E-state index in [1.165, 1.54) is 12.0 Å².